The molecule has 0 fully saturated rings. The minimum atomic E-state index is -0.984. The van der Waals surface area contributed by atoms with Crippen LogP contribution in [0.15, 0.2) is 0 Å². The van der Waals surface area contributed by atoms with Crippen LogP contribution in [0, 0.1) is 23.2 Å². The summed E-state index contributed by atoms with van der Waals surface area (Å²) < 4.78 is 0. The third-order valence-electron chi connectivity index (χ3n) is 2.57. The van der Waals surface area contributed by atoms with Gasteiger partial charge in [-0.1, -0.05) is 39.5 Å². The molecule has 0 saturated carbocycles. The van der Waals surface area contributed by atoms with Crippen molar-refractivity contribution in [1.29, 1.82) is 5.26 Å². The van der Waals surface area contributed by atoms with E-state index in [2.05, 4.69) is 13.8 Å². The SMILES string of the molecule is CCCC[C@@H](CC)C[C@@H](C#N)C(=O)O. The van der Waals surface area contributed by atoms with Crippen LogP contribution in [0.3, 0.4) is 0 Å². The van der Waals surface area contributed by atoms with Gasteiger partial charge in [0.1, 0.15) is 5.92 Å². The molecule has 0 spiro atoms. The normalized spacial score (nSPS) is 14.4. The van der Waals surface area contributed by atoms with E-state index in [-0.39, 0.29) is 0 Å². The molecule has 0 radical (unpaired) electrons. The van der Waals surface area contributed by atoms with Gasteiger partial charge in [0.15, 0.2) is 0 Å². The summed E-state index contributed by atoms with van der Waals surface area (Å²) >= 11 is 0. The Kier molecular flexibility index (Phi) is 6.82. The molecule has 0 aliphatic heterocycles. The topological polar surface area (TPSA) is 61.1 Å². The zero-order chi connectivity index (χ0) is 11.0. The molecule has 3 heteroatoms. The summed E-state index contributed by atoms with van der Waals surface area (Å²) in [7, 11) is 0. The maximum atomic E-state index is 10.6. The van der Waals surface area contributed by atoms with E-state index in [4.69, 9.17) is 10.4 Å². The van der Waals surface area contributed by atoms with Gasteiger partial charge in [-0.25, -0.2) is 0 Å². The first-order valence-corrected chi connectivity index (χ1v) is 5.28. The summed E-state index contributed by atoms with van der Waals surface area (Å²) in [6.45, 7) is 4.17. The zero-order valence-electron chi connectivity index (χ0n) is 8.99. The molecule has 0 amide bonds. The van der Waals surface area contributed by atoms with Gasteiger partial charge in [-0.2, -0.15) is 5.26 Å². The summed E-state index contributed by atoms with van der Waals surface area (Å²) in [5, 5.41) is 17.4. The Morgan fingerprint density at radius 1 is 1.50 bits per heavy atom. The lowest BCUT2D eigenvalue weighted by molar-refractivity contribution is -0.140. The average molecular weight is 197 g/mol. The Bertz CT molecular complexity index is 208. The van der Waals surface area contributed by atoms with Crippen molar-refractivity contribution in [3.63, 3.8) is 0 Å². The largest absolute Gasteiger partial charge is 0.480 e. The van der Waals surface area contributed by atoms with Crippen molar-refractivity contribution in [2.75, 3.05) is 0 Å². The Morgan fingerprint density at radius 2 is 2.14 bits per heavy atom. The molecular formula is C11H19NO2. The van der Waals surface area contributed by atoms with Gasteiger partial charge in [0.2, 0.25) is 0 Å². The van der Waals surface area contributed by atoms with E-state index >= 15 is 0 Å². The second-order valence-corrected chi connectivity index (χ2v) is 3.67. The van der Waals surface area contributed by atoms with Crippen LogP contribution in [-0.2, 0) is 4.79 Å². The van der Waals surface area contributed by atoms with Crippen LogP contribution in [0.1, 0.15) is 46.0 Å². The van der Waals surface area contributed by atoms with Crippen molar-refractivity contribution in [2.45, 2.75) is 46.0 Å². The first-order chi connectivity index (χ1) is 6.65. The van der Waals surface area contributed by atoms with E-state index in [0.29, 0.717) is 12.3 Å². The van der Waals surface area contributed by atoms with Crippen LogP contribution >= 0.6 is 0 Å². The van der Waals surface area contributed by atoms with Gasteiger partial charge in [0, 0.05) is 0 Å². The van der Waals surface area contributed by atoms with E-state index in [1.165, 1.54) is 0 Å². The van der Waals surface area contributed by atoms with Crippen LogP contribution in [0.25, 0.3) is 0 Å². The van der Waals surface area contributed by atoms with Crippen molar-refractivity contribution in [3.05, 3.63) is 0 Å². The summed E-state index contributed by atoms with van der Waals surface area (Å²) in [5.74, 6) is -1.42. The van der Waals surface area contributed by atoms with Gasteiger partial charge in [-0.05, 0) is 12.3 Å². The second kappa shape index (κ2) is 7.37. The number of nitrogens with zero attached hydrogens (tertiary/aromatic N) is 1. The first-order valence-electron chi connectivity index (χ1n) is 5.28. The predicted molar refractivity (Wildman–Crippen MR) is 54.7 cm³/mol. The Labute approximate surface area is 85.7 Å². The van der Waals surface area contributed by atoms with E-state index in [1.54, 1.807) is 0 Å². The fourth-order valence-electron chi connectivity index (χ4n) is 1.52. The molecule has 0 rings (SSSR count). The van der Waals surface area contributed by atoms with Crippen LogP contribution in [0.4, 0.5) is 0 Å². The van der Waals surface area contributed by atoms with Crippen LogP contribution in [0.5, 0.6) is 0 Å². The quantitative estimate of drug-likeness (QED) is 0.682. The maximum absolute atomic E-state index is 10.6. The number of carboxylic acids is 1. The van der Waals surface area contributed by atoms with Gasteiger partial charge in [-0.15, -0.1) is 0 Å². The summed E-state index contributed by atoms with van der Waals surface area (Å²) in [6, 6.07) is 1.84. The molecule has 1 N–H and O–H groups in total. The van der Waals surface area contributed by atoms with E-state index in [9.17, 15) is 4.79 Å². The van der Waals surface area contributed by atoms with Crippen molar-refractivity contribution < 1.29 is 9.90 Å². The van der Waals surface area contributed by atoms with E-state index in [1.807, 2.05) is 6.07 Å². The maximum Gasteiger partial charge on any atom is 0.320 e. The average Bonchev–Trinajstić information content (AvgIpc) is 2.18. The molecule has 0 aromatic heterocycles. The fraction of sp³-hybridized carbons (Fsp3) is 0.818. The van der Waals surface area contributed by atoms with E-state index < -0.39 is 11.9 Å². The number of nitriles is 1. The number of carbonyl (C=O) groups is 1. The standard InChI is InChI=1S/C11H19NO2/c1-3-5-6-9(4-2)7-10(8-12)11(13)14/h9-10H,3-7H2,1-2H3,(H,13,14)/t9-,10+/m1/s1. The highest BCUT2D eigenvalue weighted by Gasteiger charge is 2.20. The number of unbranched alkanes of at least 4 members (excludes halogenated alkanes) is 1. The smallest absolute Gasteiger partial charge is 0.320 e. The minimum Gasteiger partial charge on any atom is -0.480 e. The summed E-state index contributed by atoms with van der Waals surface area (Å²) in [4.78, 5) is 10.6. The molecule has 0 heterocycles. The Hall–Kier alpha value is -1.04. The second-order valence-electron chi connectivity index (χ2n) is 3.67. The van der Waals surface area contributed by atoms with Gasteiger partial charge < -0.3 is 5.11 Å². The molecule has 0 unspecified atom stereocenters. The molecule has 0 aliphatic carbocycles. The summed E-state index contributed by atoms with van der Waals surface area (Å²) in [6.07, 6.45) is 4.75. The predicted octanol–water partition coefficient (Wildman–Crippen LogP) is 2.82. The molecule has 0 aliphatic rings. The molecule has 0 aromatic carbocycles. The molecule has 3 nitrogen and oxygen atoms in total. The van der Waals surface area contributed by atoms with Crippen LogP contribution < -0.4 is 0 Å². The number of aliphatic carboxylic acids is 1. The highest BCUT2D eigenvalue weighted by molar-refractivity contribution is 5.72. The first kappa shape index (κ1) is 13.0. The summed E-state index contributed by atoms with van der Waals surface area (Å²) in [5.41, 5.74) is 0. The third kappa shape index (κ3) is 4.86. The highest BCUT2D eigenvalue weighted by atomic mass is 16.4. The van der Waals surface area contributed by atoms with Gasteiger partial charge >= 0.3 is 5.97 Å². The Balaban J connectivity index is 4.02. The molecule has 0 aromatic rings. The number of hydrogen-bond donors (Lipinski definition) is 1. The van der Waals surface area contributed by atoms with Crippen LogP contribution in [-0.4, -0.2) is 11.1 Å². The zero-order valence-corrected chi connectivity index (χ0v) is 8.99. The number of hydrogen-bond acceptors (Lipinski definition) is 2. The van der Waals surface area contributed by atoms with Crippen molar-refractivity contribution in [2.24, 2.45) is 11.8 Å². The lowest BCUT2D eigenvalue weighted by atomic mass is 9.89. The van der Waals surface area contributed by atoms with Crippen LogP contribution in [0.2, 0.25) is 0 Å². The van der Waals surface area contributed by atoms with Gasteiger partial charge in [-0.3, -0.25) is 4.79 Å². The fourth-order valence-corrected chi connectivity index (χ4v) is 1.52. The lowest BCUT2D eigenvalue weighted by Crippen LogP contribution is -2.16. The van der Waals surface area contributed by atoms with E-state index in [0.717, 1.165) is 25.7 Å². The molecule has 0 saturated heterocycles. The highest BCUT2D eigenvalue weighted by Crippen LogP contribution is 2.21. The molecule has 0 bridgehead atoms. The monoisotopic (exact) mass is 197 g/mol. The lowest BCUT2D eigenvalue weighted by Gasteiger charge is -2.15. The molecule has 14 heavy (non-hydrogen) atoms. The molecule has 80 valence electrons. The van der Waals surface area contributed by atoms with Gasteiger partial charge in [0.05, 0.1) is 6.07 Å². The Morgan fingerprint density at radius 3 is 2.50 bits per heavy atom. The third-order valence-corrected chi connectivity index (χ3v) is 2.57. The van der Waals surface area contributed by atoms with Crippen molar-refractivity contribution >= 4 is 5.97 Å². The van der Waals surface area contributed by atoms with Crippen molar-refractivity contribution in [1.82, 2.24) is 0 Å². The number of rotatable bonds is 7. The van der Waals surface area contributed by atoms with Gasteiger partial charge in [0.25, 0.3) is 0 Å². The number of carboxylic acid groups (broad SMARTS) is 1. The molecule has 2 atom stereocenters. The molecular weight excluding hydrogens is 178 g/mol. The minimum absolute atomic E-state index is 0.385. The van der Waals surface area contributed by atoms with Crippen molar-refractivity contribution in [3.8, 4) is 6.07 Å².